The molecule has 1 aliphatic carbocycles. The maximum atomic E-state index is 12.5. The summed E-state index contributed by atoms with van der Waals surface area (Å²) >= 11 is 0. The molecule has 0 aliphatic heterocycles. The summed E-state index contributed by atoms with van der Waals surface area (Å²) in [6.07, 6.45) is 9.12. The number of aromatic nitrogens is 1. The molecule has 1 N–H and O–H groups in total. The van der Waals surface area contributed by atoms with Crippen LogP contribution in [0.5, 0.6) is 0 Å². The molecule has 126 valence electrons. The van der Waals surface area contributed by atoms with Crippen molar-refractivity contribution in [1.82, 2.24) is 10.0 Å². The van der Waals surface area contributed by atoms with Crippen molar-refractivity contribution in [2.75, 3.05) is 0 Å². The van der Waals surface area contributed by atoms with Gasteiger partial charge in [0.25, 0.3) is 5.91 Å². The third kappa shape index (κ3) is 4.20. The molecular formula is C20H24N2O2. The predicted octanol–water partition coefficient (Wildman–Crippen LogP) is 4.55. The molecule has 0 saturated heterocycles. The van der Waals surface area contributed by atoms with Gasteiger partial charge in [0.15, 0.2) is 0 Å². The molecule has 24 heavy (non-hydrogen) atoms. The second-order valence-electron chi connectivity index (χ2n) is 6.51. The summed E-state index contributed by atoms with van der Waals surface area (Å²) in [7, 11) is 0. The number of carbonyl (C=O) groups is 1. The summed E-state index contributed by atoms with van der Waals surface area (Å²) < 4.78 is 0. The molecule has 1 fully saturated rings. The zero-order valence-electron chi connectivity index (χ0n) is 13.9. The number of benzene rings is 1. The highest BCUT2D eigenvalue weighted by Crippen LogP contribution is 2.31. The van der Waals surface area contributed by atoms with E-state index < -0.39 is 5.91 Å². The molecule has 0 unspecified atom stereocenters. The molecule has 2 aromatic rings. The third-order valence-corrected chi connectivity index (χ3v) is 4.74. The van der Waals surface area contributed by atoms with E-state index >= 15 is 0 Å². The summed E-state index contributed by atoms with van der Waals surface area (Å²) in [4.78, 5) is 16.6. The number of amides is 1. The van der Waals surface area contributed by atoms with Crippen LogP contribution in [-0.4, -0.2) is 21.2 Å². The van der Waals surface area contributed by atoms with Crippen molar-refractivity contribution in [2.24, 2.45) is 0 Å². The predicted molar refractivity (Wildman–Crippen MR) is 92.8 cm³/mol. The van der Waals surface area contributed by atoms with E-state index in [-0.39, 0.29) is 6.54 Å². The standard InChI is InChI=1S/C20H24N2O2/c23-20(22(24)15-16-8-4-3-5-9-16)19-14-18(12-13-21-19)17-10-6-1-2-7-11-17/h3-5,8-9,12-14,17,24H,1-2,6-7,10-11,15H2. The molecule has 1 heterocycles. The maximum Gasteiger partial charge on any atom is 0.296 e. The molecular weight excluding hydrogens is 300 g/mol. The molecule has 1 aromatic carbocycles. The van der Waals surface area contributed by atoms with Crippen LogP contribution in [0.1, 0.15) is 66.1 Å². The number of carbonyl (C=O) groups excluding carboxylic acids is 1. The summed E-state index contributed by atoms with van der Waals surface area (Å²) in [6, 6.07) is 13.3. The molecule has 1 saturated carbocycles. The first-order valence-electron chi connectivity index (χ1n) is 8.74. The number of rotatable bonds is 4. The van der Waals surface area contributed by atoms with Crippen molar-refractivity contribution in [3.63, 3.8) is 0 Å². The van der Waals surface area contributed by atoms with E-state index in [1.54, 1.807) is 6.20 Å². The summed E-state index contributed by atoms with van der Waals surface area (Å²) in [6.45, 7) is 0.162. The van der Waals surface area contributed by atoms with Gasteiger partial charge in [0.2, 0.25) is 0 Å². The molecule has 1 aromatic heterocycles. The Hall–Kier alpha value is -2.20. The molecule has 0 spiro atoms. The molecule has 0 atom stereocenters. The summed E-state index contributed by atoms with van der Waals surface area (Å²) in [5, 5.41) is 10.9. The monoisotopic (exact) mass is 324 g/mol. The highest BCUT2D eigenvalue weighted by Gasteiger charge is 2.19. The third-order valence-electron chi connectivity index (χ3n) is 4.74. The van der Waals surface area contributed by atoms with Crippen LogP contribution in [0.15, 0.2) is 48.7 Å². The SMILES string of the molecule is O=C(c1cc(C2CCCCCC2)ccn1)N(O)Cc1ccccc1. The first kappa shape index (κ1) is 16.7. The van der Waals surface area contributed by atoms with Gasteiger partial charge in [-0.05, 0) is 42.0 Å². The van der Waals surface area contributed by atoms with Gasteiger partial charge in [0.1, 0.15) is 5.69 Å². The Morgan fingerprint density at radius 3 is 2.50 bits per heavy atom. The van der Waals surface area contributed by atoms with Crippen molar-refractivity contribution in [2.45, 2.75) is 51.0 Å². The average Bonchev–Trinajstić information content (AvgIpc) is 2.91. The van der Waals surface area contributed by atoms with Crippen LogP contribution >= 0.6 is 0 Å². The summed E-state index contributed by atoms with van der Waals surface area (Å²) in [5.74, 6) is 0.0534. The average molecular weight is 324 g/mol. The highest BCUT2D eigenvalue weighted by atomic mass is 16.5. The van der Waals surface area contributed by atoms with Crippen LogP contribution in [0.4, 0.5) is 0 Å². The lowest BCUT2D eigenvalue weighted by atomic mass is 9.92. The Morgan fingerprint density at radius 1 is 1.08 bits per heavy atom. The Labute approximate surface area is 143 Å². The minimum Gasteiger partial charge on any atom is -0.285 e. The molecule has 4 heteroatoms. The second-order valence-corrected chi connectivity index (χ2v) is 6.51. The molecule has 0 bridgehead atoms. The Kier molecular flexibility index (Phi) is 5.59. The topological polar surface area (TPSA) is 53.4 Å². The lowest BCUT2D eigenvalue weighted by molar-refractivity contribution is -0.0652. The number of hydroxylamine groups is 2. The van der Waals surface area contributed by atoms with Gasteiger partial charge in [0, 0.05) is 6.20 Å². The lowest BCUT2D eigenvalue weighted by Crippen LogP contribution is -2.27. The number of hydrogen-bond acceptors (Lipinski definition) is 3. The molecule has 4 nitrogen and oxygen atoms in total. The van der Waals surface area contributed by atoms with Crippen LogP contribution in [0.25, 0.3) is 0 Å². The van der Waals surface area contributed by atoms with Gasteiger partial charge in [-0.25, -0.2) is 5.06 Å². The molecule has 3 rings (SSSR count). The zero-order chi connectivity index (χ0) is 16.8. The smallest absolute Gasteiger partial charge is 0.285 e. The normalized spacial score (nSPS) is 15.7. The van der Waals surface area contributed by atoms with Gasteiger partial charge < -0.3 is 0 Å². The van der Waals surface area contributed by atoms with Crippen molar-refractivity contribution in [1.29, 1.82) is 0 Å². The first-order chi connectivity index (χ1) is 11.7. The lowest BCUT2D eigenvalue weighted by Gasteiger charge is -2.17. The van der Waals surface area contributed by atoms with E-state index in [9.17, 15) is 10.0 Å². The van der Waals surface area contributed by atoms with E-state index in [2.05, 4.69) is 4.98 Å². The Balaban J connectivity index is 1.71. The second kappa shape index (κ2) is 8.06. The van der Waals surface area contributed by atoms with Crippen LogP contribution in [0, 0.1) is 0 Å². The number of pyridine rings is 1. The Morgan fingerprint density at radius 2 is 1.79 bits per heavy atom. The van der Waals surface area contributed by atoms with E-state index in [0.717, 1.165) is 10.6 Å². The van der Waals surface area contributed by atoms with E-state index in [4.69, 9.17) is 0 Å². The van der Waals surface area contributed by atoms with Gasteiger partial charge in [0.05, 0.1) is 6.54 Å². The minimum absolute atomic E-state index is 0.162. The van der Waals surface area contributed by atoms with Crippen molar-refractivity contribution in [3.8, 4) is 0 Å². The summed E-state index contributed by atoms with van der Waals surface area (Å²) in [5.41, 5.74) is 2.37. The van der Waals surface area contributed by atoms with Gasteiger partial charge in [-0.15, -0.1) is 0 Å². The van der Waals surface area contributed by atoms with Crippen LogP contribution in [0.3, 0.4) is 0 Å². The quantitative estimate of drug-likeness (QED) is 0.510. The van der Waals surface area contributed by atoms with Gasteiger partial charge in [-0.3, -0.25) is 15.0 Å². The maximum absolute atomic E-state index is 12.5. The van der Waals surface area contributed by atoms with Gasteiger partial charge >= 0.3 is 0 Å². The Bertz CT molecular complexity index is 664. The molecule has 0 radical (unpaired) electrons. The van der Waals surface area contributed by atoms with Crippen LogP contribution < -0.4 is 0 Å². The number of nitrogens with zero attached hydrogens (tertiary/aromatic N) is 2. The fraction of sp³-hybridized carbons (Fsp3) is 0.400. The van der Waals surface area contributed by atoms with E-state index in [1.165, 1.54) is 44.1 Å². The highest BCUT2D eigenvalue weighted by molar-refractivity contribution is 5.91. The fourth-order valence-electron chi connectivity index (χ4n) is 3.39. The van der Waals surface area contributed by atoms with Crippen molar-refractivity contribution in [3.05, 3.63) is 65.5 Å². The largest absolute Gasteiger partial charge is 0.296 e. The van der Waals surface area contributed by atoms with Crippen LogP contribution in [0.2, 0.25) is 0 Å². The van der Waals surface area contributed by atoms with Crippen molar-refractivity contribution >= 4 is 5.91 Å². The van der Waals surface area contributed by atoms with Gasteiger partial charge in [-0.1, -0.05) is 56.0 Å². The first-order valence-corrected chi connectivity index (χ1v) is 8.74. The van der Waals surface area contributed by atoms with Crippen LogP contribution in [-0.2, 0) is 6.54 Å². The zero-order valence-corrected chi connectivity index (χ0v) is 13.9. The van der Waals surface area contributed by atoms with Crippen molar-refractivity contribution < 1.29 is 10.0 Å². The fourth-order valence-corrected chi connectivity index (χ4v) is 3.39. The van der Waals surface area contributed by atoms with E-state index in [1.807, 2.05) is 42.5 Å². The molecule has 1 amide bonds. The van der Waals surface area contributed by atoms with E-state index in [0.29, 0.717) is 11.6 Å². The number of hydrogen-bond donors (Lipinski definition) is 1. The minimum atomic E-state index is -0.450. The van der Waals surface area contributed by atoms with Gasteiger partial charge in [-0.2, -0.15) is 0 Å². The molecule has 1 aliphatic rings.